The van der Waals surface area contributed by atoms with Gasteiger partial charge in [0, 0.05) is 18.2 Å². The van der Waals surface area contributed by atoms with E-state index >= 15 is 0 Å². The molecule has 0 spiro atoms. The van der Waals surface area contributed by atoms with Crippen LogP contribution in [0.5, 0.6) is 0 Å². The molecule has 0 saturated heterocycles. The fraction of sp³-hybridized carbons (Fsp3) is 0.280. The van der Waals surface area contributed by atoms with Crippen LogP contribution in [0.25, 0.3) is 0 Å². The maximum absolute atomic E-state index is 13.2. The molecular formula is C25H29N3O3S. The quantitative estimate of drug-likeness (QED) is 0.452. The van der Waals surface area contributed by atoms with Gasteiger partial charge in [0.1, 0.15) is 0 Å². The number of carbonyl (C=O) groups excluding carboxylic acids is 1. The van der Waals surface area contributed by atoms with Gasteiger partial charge in [-0.3, -0.25) is 4.79 Å². The highest BCUT2D eigenvalue weighted by Crippen LogP contribution is 2.21. The Labute approximate surface area is 190 Å². The molecule has 1 aromatic heterocycles. The molecule has 3 rings (SSSR count). The zero-order chi connectivity index (χ0) is 23.3. The number of sulfone groups is 1. The lowest BCUT2D eigenvalue weighted by Crippen LogP contribution is -2.37. The Balaban J connectivity index is 1.93. The minimum atomic E-state index is -3.68. The predicted molar refractivity (Wildman–Crippen MR) is 126 cm³/mol. The topological polar surface area (TPSA) is 72.3 Å². The Bertz CT molecular complexity index is 1180. The molecule has 0 saturated carbocycles. The van der Waals surface area contributed by atoms with Gasteiger partial charge >= 0.3 is 0 Å². The third-order valence-corrected chi connectivity index (χ3v) is 6.80. The van der Waals surface area contributed by atoms with Crippen LogP contribution >= 0.6 is 0 Å². The Morgan fingerprint density at radius 2 is 1.78 bits per heavy atom. The van der Waals surface area contributed by atoms with Crippen LogP contribution in [-0.4, -0.2) is 34.8 Å². The molecule has 3 aromatic rings. The molecule has 0 N–H and O–H groups in total. The van der Waals surface area contributed by atoms with Crippen LogP contribution in [-0.2, 0) is 28.7 Å². The molecule has 0 bridgehead atoms. The van der Waals surface area contributed by atoms with E-state index in [4.69, 9.17) is 0 Å². The molecule has 0 atom stereocenters. The largest absolute Gasteiger partial charge is 0.330 e. The third kappa shape index (κ3) is 5.34. The van der Waals surface area contributed by atoms with E-state index in [0.29, 0.717) is 16.8 Å². The summed E-state index contributed by atoms with van der Waals surface area (Å²) in [6.07, 6.45) is 3.17. The first-order valence-electron chi connectivity index (χ1n) is 10.5. The highest BCUT2D eigenvalue weighted by atomic mass is 32.2. The number of carbonyl (C=O) groups is 1. The summed E-state index contributed by atoms with van der Waals surface area (Å²) in [6, 6.07) is 16.4. The zero-order valence-electron chi connectivity index (χ0n) is 18.7. The van der Waals surface area contributed by atoms with Crippen LogP contribution < -0.4 is 0 Å². The second-order valence-electron chi connectivity index (χ2n) is 8.07. The summed E-state index contributed by atoms with van der Waals surface area (Å²) in [7, 11) is -3.68. The van der Waals surface area contributed by atoms with Crippen LogP contribution in [0.3, 0.4) is 0 Å². The summed E-state index contributed by atoms with van der Waals surface area (Å²) in [5.41, 5.74) is 3.01. The lowest BCUT2D eigenvalue weighted by atomic mass is 10.1. The molecule has 0 aliphatic carbocycles. The molecule has 7 heteroatoms. The minimum Gasteiger partial charge on any atom is -0.330 e. The van der Waals surface area contributed by atoms with Crippen molar-refractivity contribution in [2.24, 2.45) is 0 Å². The third-order valence-electron chi connectivity index (χ3n) is 5.21. The van der Waals surface area contributed by atoms with Crippen molar-refractivity contribution in [1.82, 2.24) is 14.5 Å². The first-order valence-corrected chi connectivity index (χ1v) is 12.2. The van der Waals surface area contributed by atoms with Crippen molar-refractivity contribution in [1.29, 1.82) is 0 Å². The number of aromatic nitrogens is 2. The Kier molecular flexibility index (Phi) is 7.30. The van der Waals surface area contributed by atoms with Crippen molar-refractivity contribution < 1.29 is 13.2 Å². The van der Waals surface area contributed by atoms with E-state index in [2.05, 4.69) is 11.6 Å². The molecular weight excluding hydrogens is 422 g/mol. The van der Waals surface area contributed by atoms with Gasteiger partial charge < -0.3 is 9.47 Å². The molecule has 6 nitrogen and oxygen atoms in total. The number of allylic oxidation sites excluding steroid dienone is 1. The van der Waals surface area contributed by atoms with Crippen molar-refractivity contribution in [3.8, 4) is 0 Å². The van der Waals surface area contributed by atoms with Gasteiger partial charge in [-0.05, 0) is 38.5 Å². The smallest absolute Gasteiger partial charge is 0.254 e. The molecule has 0 radical (unpaired) electrons. The first-order chi connectivity index (χ1) is 15.2. The van der Waals surface area contributed by atoms with Gasteiger partial charge in [0.2, 0.25) is 15.0 Å². The van der Waals surface area contributed by atoms with Crippen molar-refractivity contribution in [2.75, 3.05) is 0 Å². The van der Waals surface area contributed by atoms with E-state index in [0.717, 1.165) is 5.56 Å². The van der Waals surface area contributed by atoms with Gasteiger partial charge in [0.05, 0.1) is 24.2 Å². The van der Waals surface area contributed by atoms with E-state index in [9.17, 15) is 13.2 Å². The maximum atomic E-state index is 13.2. The molecule has 0 aliphatic heterocycles. The summed E-state index contributed by atoms with van der Waals surface area (Å²) in [5.74, 6) is -0.252. The number of hydrogen-bond donors (Lipinski definition) is 0. The highest BCUT2D eigenvalue weighted by molar-refractivity contribution is 7.90. The van der Waals surface area contributed by atoms with E-state index in [-0.39, 0.29) is 35.9 Å². The highest BCUT2D eigenvalue weighted by Gasteiger charge is 2.26. The van der Waals surface area contributed by atoms with E-state index in [1.54, 1.807) is 33.9 Å². The molecule has 1 amide bonds. The van der Waals surface area contributed by atoms with Gasteiger partial charge in [-0.15, -0.1) is 6.58 Å². The number of aryl methyl sites for hydroxylation is 1. The van der Waals surface area contributed by atoms with Crippen LogP contribution in [0.15, 0.2) is 78.6 Å². The van der Waals surface area contributed by atoms with Crippen molar-refractivity contribution >= 4 is 15.7 Å². The SMILES string of the molecule is C=CCn1c(CN(C(=O)c2ccc(C)cc2)C(C)C)cnc1S(=O)(=O)Cc1ccccc1. The van der Waals surface area contributed by atoms with Crippen molar-refractivity contribution in [2.45, 2.75) is 50.8 Å². The van der Waals surface area contributed by atoms with Gasteiger partial charge in [0.15, 0.2) is 0 Å². The number of imidazole rings is 1. The van der Waals surface area contributed by atoms with E-state index in [1.807, 2.05) is 63.2 Å². The van der Waals surface area contributed by atoms with Gasteiger partial charge in [-0.1, -0.05) is 54.1 Å². The van der Waals surface area contributed by atoms with Crippen molar-refractivity contribution in [3.63, 3.8) is 0 Å². The summed E-state index contributed by atoms with van der Waals surface area (Å²) < 4.78 is 27.9. The summed E-state index contributed by atoms with van der Waals surface area (Å²) >= 11 is 0. The molecule has 0 aliphatic rings. The van der Waals surface area contributed by atoms with Crippen molar-refractivity contribution in [3.05, 3.63) is 95.8 Å². The minimum absolute atomic E-state index is 0.0113. The number of nitrogens with zero attached hydrogens (tertiary/aromatic N) is 3. The fourth-order valence-electron chi connectivity index (χ4n) is 3.47. The molecule has 32 heavy (non-hydrogen) atoms. The average Bonchev–Trinajstić information content (AvgIpc) is 3.16. The lowest BCUT2D eigenvalue weighted by Gasteiger charge is -2.27. The van der Waals surface area contributed by atoms with E-state index in [1.165, 1.54) is 0 Å². The summed E-state index contributed by atoms with van der Waals surface area (Å²) in [4.78, 5) is 19.1. The number of amides is 1. The fourth-order valence-corrected chi connectivity index (χ4v) is 4.98. The predicted octanol–water partition coefficient (Wildman–Crippen LogP) is 4.40. The second kappa shape index (κ2) is 9.96. The average molecular weight is 452 g/mol. The van der Waals surface area contributed by atoms with Crippen LogP contribution in [0, 0.1) is 6.92 Å². The van der Waals surface area contributed by atoms with Gasteiger partial charge in [-0.25, -0.2) is 13.4 Å². The van der Waals surface area contributed by atoms with Gasteiger partial charge in [-0.2, -0.15) is 0 Å². The summed E-state index contributed by atoms with van der Waals surface area (Å²) in [6.45, 7) is 10.1. The Morgan fingerprint density at radius 1 is 1.12 bits per heavy atom. The lowest BCUT2D eigenvalue weighted by molar-refractivity contribution is 0.0685. The van der Waals surface area contributed by atoms with Crippen LogP contribution in [0.1, 0.15) is 41.0 Å². The normalized spacial score (nSPS) is 11.5. The maximum Gasteiger partial charge on any atom is 0.254 e. The van der Waals surface area contributed by atoms with Crippen LogP contribution in [0.2, 0.25) is 0 Å². The number of hydrogen-bond acceptors (Lipinski definition) is 4. The molecule has 2 aromatic carbocycles. The summed E-state index contributed by atoms with van der Waals surface area (Å²) in [5, 5.41) is -0.0113. The number of benzene rings is 2. The second-order valence-corrected chi connectivity index (χ2v) is 9.95. The zero-order valence-corrected chi connectivity index (χ0v) is 19.5. The Hall–Kier alpha value is -3.19. The Morgan fingerprint density at radius 3 is 2.38 bits per heavy atom. The first kappa shape index (κ1) is 23.5. The monoisotopic (exact) mass is 451 g/mol. The standard InChI is InChI=1S/C25H29N3O3S/c1-5-15-27-23(16-26-25(27)32(30,31)18-21-9-7-6-8-10-21)17-28(19(2)3)24(29)22-13-11-20(4)12-14-22/h5-14,16,19H,1,15,17-18H2,2-4H3. The molecule has 168 valence electrons. The molecule has 0 fully saturated rings. The number of rotatable bonds is 9. The molecule has 1 heterocycles. The molecule has 0 unspecified atom stereocenters. The van der Waals surface area contributed by atoms with E-state index < -0.39 is 9.84 Å². The van der Waals surface area contributed by atoms with Gasteiger partial charge in [0.25, 0.3) is 5.91 Å². The van der Waals surface area contributed by atoms with Crippen LogP contribution in [0.4, 0.5) is 0 Å².